The van der Waals surface area contributed by atoms with E-state index in [1.54, 1.807) is 48.5 Å². The lowest BCUT2D eigenvalue weighted by molar-refractivity contribution is -0.140. The van der Waals surface area contributed by atoms with Crippen LogP contribution in [0.15, 0.2) is 48.5 Å². The van der Waals surface area contributed by atoms with E-state index in [9.17, 15) is 14.4 Å². The summed E-state index contributed by atoms with van der Waals surface area (Å²) in [7, 11) is 3.78. The number of ketones is 2. The highest BCUT2D eigenvalue weighted by atomic mass is 35.5. The predicted molar refractivity (Wildman–Crippen MR) is 119 cm³/mol. The Kier molecular flexibility index (Phi) is 7.13. The molecule has 1 amide bonds. The summed E-state index contributed by atoms with van der Waals surface area (Å²) in [6, 6.07) is 12.9. The number of carbonyl (C=O) groups is 3. The Bertz CT molecular complexity index is 955. The number of carbonyl (C=O) groups excluding carboxylic acids is 3. The molecule has 0 aromatic heterocycles. The van der Waals surface area contributed by atoms with Gasteiger partial charge >= 0.3 is 0 Å². The molecule has 2 aromatic carbocycles. The molecule has 0 aliphatic carbocycles. The van der Waals surface area contributed by atoms with Gasteiger partial charge in [0.25, 0.3) is 5.91 Å². The number of likely N-dealkylation sites (N-methyl/N-ethyl adjacent to an activating group) is 1. The minimum absolute atomic E-state index is 0.00937. The van der Waals surface area contributed by atoms with E-state index in [4.69, 9.17) is 16.3 Å². The Morgan fingerprint density at radius 2 is 1.68 bits per heavy atom. The monoisotopic (exact) mass is 442 g/mol. The molecule has 7 heteroatoms. The third kappa shape index (κ3) is 5.14. The maximum absolute atomic E-state index is 13.4. The first kappa shape index (κ1) is 23.0. The first-order valence-corrected chi connectivity index (χ1v) is 10.6. The van der Waals surface area contributed by atoms with Gasteiger partial charge in [0, 0.05) is 23.7 Å². The van der Waals surface area contributed by atoms with Crippen LogP contribution < -0.4 is 4.74 Å². The molecule has 2 atom stereocenters. The molecule has 0 spiro atoms. The first-order valence-electron chi connectivity index (χ1n) is 10.2. The van der Waals surface area contributed by atoms with Gasteiger partial charge in [-0.15, -0.1) is 0 Å². The van der Waals surface area contributed by atoms with Crippen molar-refractivity contribution < 1.29 is 19.1 Å². The van der Waals surface area contributed by atoms with E-state index in [2.05, 4.69) is 0 Å². The van der Waals surface area contributed by atoms with Crippen molar-refractivity contribution >= 4 is 29.1 Å². The molecule has 2 unspecified atom stereocenters. The number of amides is 1. The number of ether oxygens (including phenoxy) is 1. The molecule has 164 valence electrons. The zero-order valence-electron chi connectivity index (χ0n) is 18.2. The molecule has 1 aliphatic rings. The zero-order chi connectivity index (χ0) is 22.7. The van der Waals surface area contributed by atoms with Crippen LogP contribution in [0.3, 0.4) is 0 Å². The van der Waals surface area contributed by atoms with Gasteiger partial charge in [0.1, 0.15) is 11.7 Å². The van der Waals surface area contributed by atoms with Crippen LogP contribution in [0.25, 0.3) is 0 Å². The van der Waals surface area contributed by atoms with Gasteiger partial charge in [0.2, 0.25) is 5.78 Å². The Balaban J connectivity index is 1.96. The number of halogens is 1. The highest BCUT2D eigenvalue weighted by Gasteiger charge is 2.51. The standard InChI is InChI=1S/C24H27ClN2O4/c1-15(2)31-19-11-7-17(8-12-19)22(28)20-21(16-5-9-18(25)10-6-16)27(14-13-26(3)4)24(30)23(20)29/h5-12,15,20-21H,13-14H2,1-4H3. The smallest absolute Gasteiger partial charge is 0.291 e. The van der Waals surface area contributed by atoms with Gasteiger partial charge in [-0.3, -0.25) is 14.4 Å². The zero-order valence-corrected chi connectivity index (χ0v) is 18.9. The fourth-order valence-electron chi connectivity index (χ4n) is 3.72. The summed E-state index contributed by atoms with van der Waals surface area (Å²) in [5.74, 6) is -2.14. The minimum atomic E-state index is -1.10. The summed E-state index contributed by atoms with van der Waals surface area (Å²) in [4.78, 5) is 42.6. The largest absolute Gasteiger partial charge is 0.491 e. The molecule has 2 aromatic rings. The number of hydrogen-bond donors (Lipinski definition) is 0. The molecule has 31 heavy (non-hydrogen) atoms. The average molecular weight is 443 g/mol. The molecule has 0 bridgehead atoms. The van der Waals surface area contributed by atoms with Crippen LogP contribution in [0, 0.1) is 5.92 Å². The lowest BCUT2D eigenvalue weighted by Crippen LogP contribution is -2.36. The molecule has 0 saturated carbocycles. The van der Waals surface area contributed by atoms with E-state index < -0.39 is 23.7 Å². The second-order valence-corrected chi connectivity index (χ2v) is 8.63. The highest BCUT2D eigenvalue weighted by Crippen LogP contribution is 2.38. The summed E-state index contributed by atoms with van der Waals surface area (Å²) in [5, 5.41) is 0.544. The van der Waals surface area contributed by atoms with Crippen LogP contribution in [0.2, 0.25) is 5.02 Å². The lowest BCUT2D eigenvalue weighted by atomic mass is 9.86. The number of rotatable bonds is 8. The molecular weight excluding hydrogens is 416 g/mol. The second kappa shape index (κ2) is 9.62. The highest BCUT2D eigenvalue weighted by molar-refractivity contribution is 6.44. The molecule has 0 radical (unpaired) electrons. The quantitative estimate of drug-likeness (QED) is 0.354. The first-order chi connectivity index (χ1) is 14.7. The molecular formula is C24H27ClN2O4. The fraction of sp³-hybridized carbons (Fsp3) is 0.375. The van der Waals surface area contributed by atoms with Crippen molar-refractivity contribution in [1.82, 2.24) is 9.80 Å². The lowest BCUT2D eigenvalue weighted by Gasteiger charge is -2.28. The molecule has 0 N–H and O–H groups in total. The maximum Gasteiger partial charge on any atom is 0.291 e. The summed E-state index contributed by atoms with van der Waals surface area (Å²) in [6.07, 6.45) is 0.00937. The van der Waals surface area contributed by atoms with Crippen LogP contribution in [-0.2, 0) is 9.59 Å². The average Bonchev–Trinajstić information content (AvgIpc) is 2.97. The Morgan fingerprint density at radius 1 is 1.06 bits per heavy atom. The van der Waals surface area contributed by atoms with Gasteiger partial charge in [0.15, 0.2) is 5.78 Å². The van der Waals surface area contributed by atoms with Crippen molar-refractivity contribution in [2.75, 3.05) is 27.2 Å². The number of benzene rings is 2. The predicted octanol–water partition coefficient (Wildman–Crippen LogP) is 3.64. The molecule has 1 fully saturated rings. The van der Waals surface area contributed by atoms with Crippen molar-refractivity contribution in [2.45, 2.75) is 26.0 Å². The van der Waals surface area contributed by atoms with Crippen molar-refractivity contribution in [1.29, 1.82) is 0 Å². The van der Waals surface area contributed by atoms with Crippen LogP contribution in [0.1, 0.15) is 35.8 Å². The summed E-state index contributed by atoms with van der Waals surface area (Å²) in [5.41, 5.74) is 1.08. The SMILES string of the molecule is CC(C)Oc1ccc(C(=O)C2C(=O)C(=O)N(CCN(C)C)C2c2ccc(Cl)cc2)cc1. The van der Waals surface area contributed by atoms with E-state index in [0.29, 0.717) is 35.0 Å². The Hall–Kier alpha value is -2.70. The fourth-order valence-corrected chi connectivity index (χ4v) is 3.84. The third-order valence-electron chi connectivity index (χ3n) is 5.20. The number of nitrogens with zero attached hydrogens (tertiary/aromatic N) is 2. The van der Waals surface area contributed by atoms with Gasteiger partial charge in [-0.05, 0) is 69.9 Å². The Morgan fingerprint density at radius 3 is 2.23 bits per heavy atom. The summed E-state index contributed by atoms with van der Waals surface area (Å²) >= 11 is 6.03. The van der Waals surface area contributed by atoms with Gasteiger partial charge in [-0.25, -0.2) is 0 Å². The number of Topliss-reactive ketones (excluding diaryl/α,β-unsaturated/α-hetero) is 2. The van der Waals surface area contributed by atoms with Crippen LogP contribution in [0.5, 0.6) is 5.75 Å². The van der Waals surface area contributed by atoms with Gasteiger partial charge in [-0.1, -0.05) is 23.7 Å². The molecule has 1 aliphatic heterocycles. The van der Waals surface area contributed by atoms with Gasteiger partial charge in [0.05, 0.1) is 12.1 Å². The van der Waals surface area contributed by atoms with Gasteiger partial charge in [-0.2, -0.15) is 0 Å². The van der Waals surface area contributed by atoms with E-state index in [1.807, 2.05) is 32.8 Å². The van der Waals surface area contributed by atoms with Crippen molar-refractivity contribution in [3.8, 4) is 5.75 Å². The number of likely N-dealkylation sites (tertiary alicyclic amines) is 1. The van der Waals surface area contributed by atoms with Crippen molar-refractivity contribution in [2.24, 2.45) is 5.92 Å². The molecule has 3 rings (SSSR count). The van der Waals surface area contributed by atoms with Crippen LogP contribution in [0.4, 0.5) is 0 Å². The van der Waals surface area contributed by atoms with E-state index in [1.165, 1.54) is 4.90 Å². The topological polar surface area (TPSA) is 66.9 Å². The maximum atomic E-state index is 13.4. The minimum Gasteiger partial charge on any atom is -0.491 e. The van der Waals surface area contributed by atoms with E-state index in [-0.39, 0.29) is 11.9 Å². The van der Waals surface area contributed by atoms with Crippen molar-refractivity contribution in [3.63, 3.8) is 0 Å². The van der Waals surface area contributed by atoms with E-state index >= 15 is 0 Å². The second-order valence-electron chi connectivity index (χ2n) is 8.20. The summed E-state index contributed by atoms with van der Waals surface area (Å²) < 4.78 is 5.63. The van der Waals surface area contributed by atoms with Gasteiger partial charge < -0.3 is 14.5 Å². The molecule has 6 nitrogen and oxygen atoms in total. The molecule has 1 heterocycles. The number of hydrogen-bond acceptors (Lipinski definition) is 5. The van der Waals surface area contributed by atoms with E-state index in [0.717, 1.165) is 0 Å². The third-order valence-corrected chi connectivity index (χ3v) is 5.45. The normalized spacial score (nSPS) is 18.9. The van der Waals surface area contributed by atoms with Crippen LogP contribution >= 0.6 is 11.6 Å². The molecule has 1 saturated heterocycles. The van der Waals surface area contributed by atoms with Crippen molar-refractivity contribution in [3.05, 3.63) is 64.7 Å². The summed E-state index contributed by atoms with van der Waals surface area (Å²) in [6.45, 7) is 4.75. The Labute approximate surface area is 187 Å². The van der Waals surface area contributed by atoms with Crippen LogP contribution in [-0.4, -0.2) is 60.6 Å².